The lowest BCUT2D eigenvalue weighted by atomic mass is 10.0. The minimum absolute atomic E-state index is 0.0428. The molecule has 1 rings (SSSR count). The fourth-order valence-electron chi connectivity index (χ4n) is 2.35. The molecule has 0 radical (unpaired) electrons. The highest BCUT2D eigenvalue weighted by Crippen LogP contribution is 2.72. The van der Waals surface area contributed by atoms with Crippen molar-refractivity contribution in [3.8, 4) is 0 Å². The molecule has 1 aliphatic carbocycles. The largest absolute Gasteiger partial charge is 0.380 e. The highest BCUT2D eigenvalue weighted by Gasteiger charge is 2.82. The summed E-state index contributed by atoms with van der Waals surface area (Å²) in [6, 6.07) is 0. The molecule has 0 aromatic heterocycles. The first-order valence-electron chi connectivity index (χ1n) is 7.21. The Bertz CT molecular complexity index is 508. The van der Waals surface area contributed by atoms with Gasteiger partial charge in [-0.2, -0.15) is 26.3 Å². The van der Waals surface area contributed by atoms with E-state index in [-0.39, 0.29) is 6.42 Å². The molecule has 0 heterocycles. The van der Waals surface area contributed by atoms with E-state index in [2.05, 4.69) is 9.05 Å². The van der Waals surface area contributed by atoms with Gasteiger partial charge in [0.15, 0.2) is 0 Å². The van der Waals surface area contributed by atoms with Crippen molar-refractivity contribution in [3.05, 3.63) is 10.9 Å². The number of rotatable bonds is 8. The molecule has 0 bridgehead atoms. The van der Waals surface area contributed by atoms with Gasteiger partial charge in [0.05, 0.1) is 13.2 Å². The molecule has 136 valence electrons. The van der Waals surface area contributed by atoms with E-state index in [4.69, 9.17) is 0 Å². The van der Waals surface area contributed by atoms with Crippen LogP contribution in [0.25, 0.3) is 0 Å². The zero-order valence-electron chi connectivity index (χ0n) is 13.0. The summed E-state index contributed by atoms with van der Waals surface area (Å²) >= 11 is 0. The standard InChI is InChI=1S/C13H19F6O3P/c1-4-7-8-9-10(23(20,21-5-2)22-6-3)12(16,17)13(18,19)11(9,14)15/h4-8H2,1-3H3. The smallest absolute Gasteiger partial charge is 0.306 e. The molecule has 23 heavy (non-hydrogen) atoms. The number of alkyl halides is 6. The van der Waals surface area contributed by atoms with Crippen molar-refractivity contribution in [1.82, 2.24) is 0 Å². The summed E-state index contributed by atoms with van der Waals surface area (Å²) in [5.41, 5.74) is -1.54. The van der Waals surface area contributed by atoms with E-state index in [0.717, 1.165) is 0 Å². The monoisotopic (exact) mass is 368 g/mol. The van der Waals surface area contributed by atoms with Crippen molar-refractivity contribution in [1.29, 1.82) is 0 Å². The molecule has 0 saturated heterocycles. The molecule has 0 saturated carbocycles. The number of unbranched alkanes of at least 4 members (excludes halogenated alkanes) is 1. The third-order valence-corrected chi connectivity index (χ3v) is 5.70. The van der Waals surface area contributed by atoms with Crippen LogP contribution in [-0.4, -0.2) is 31.0 Å². The third kappa shape index (κ3) is 3.07. The van der Waals surface area contributed by atoms with Gasteiger partial charge < -0.3 is 9.05 Å². The first kappa shape index (κ1) is 20.5. The zero-order valence-corrected chi connectivity index (χ0v) is 13.9. The second-order valence-electron chi connectivity index (χ2n) is 4.99. The average Bonchev–Trinajstić information content (AvgIpc) is 2.52. The molecule has 10 heteroatoms. The molecule has 0 fully saturated rings. The average molecular weight is 368 g/mol. The van der Waals surface area contributed by atoms with Crippen molar-refractivity contribution < 1.29 is 40.0 Å². The van der Waals surface area contributed by atoms with Crippen LogP contribution in [0.3, 0.4) is 0 Å². The Morgan fingerprint density at radius 3 is 1.78 bits per heavy atom. The lowest BCUT2D eigenvalue weighted by Gasteiger charge is -2.27. The van der Waals surface area contributed by atoms with Gasteiger partial charge in [-0.1, -0.05) is 13.3 Å². The van der Waals surface area contributed by atoms with Crippen LogP contribution < -0.4 is 0 Å². The predicted octanol–water partition coefficient (Wildman–Crippen LogP) is 5.62. The quantitative estimate of drug-likeness (QED) is 0.412. The zero-order chi connectivity index (χ0) is 18.1. The second-order valence-corrected chi connectivity index (χ2v) is 6.95. The molecular weight excluding hydrogens is 349 g/mol. The molecule has 0 aliphatic heterocycles. The highest BCUT2D eigenvalue weighted by atomic mass is 31.2. The Kier molecular flexibility index (Phi) is 6.03. The maximum Gasteiger partial charge on any atom is 0.380 e. The van der Waals surface area contributed by atoms with E-state index in [0.29, 0.717) is 6.42 Å². The van der Waals surface area contributed by atoms with Gasteiger partial charge in [0.25, 0.3) is 0 Å². The van der Waals surface area contributed by atoms with E-state index in [9.17, 15) is 30.9 Å². The normalized spacial score (nSPS) is 22.7. The molecule has 0 aromatic carbocycles. The number of hydrogen-bond donors (Lipinski definition) is 0. The van der Waals surface area contributed by atoms with Crippen LogP contribution in [0.4, 0.5) is 26.3 Å². The number of hydrogen-bond acceptors (Lipinski definition) is 3. The van der Waals surface area contributed by atoms with Crippen LogP contribution in [0.2, 0.25) is 0 Å². The van der Waals surface area contributed by atoms with Gasteiger partial charge in [0.1, 0.15) is 5.31 Å². The topological polar surface area (TPSA) is 35.5 Å². The first-order chi connectivity index (χ1) is 10.4. The summed E-state index contributed by atoms with van der Waals surface area (Å²) in [5, 5.41) is -1.89. The van der Waals surface area contributed by atoms with Gasteiger partial charge in [-0.05, 0) is 26.7 Å². The molecule has 0 aromatic rings. The maximum absolute atomic E-state index is 14.1. The molecule has 0 N–H and O–H groups in total. The Morgan fingerprint density at radius 2 is 1.39 bits per heavy atom. The van der Waals surface area contributed by atoms with Gasteiger partial charge in [0, 0.05) is 5.57 Å². The van der Waals surface area contributed by atoms with Gasteiger partial charge in [-0.15, -0.1) is 0 Å². The van der Waals surface area contributed by atoms with E-state index in [1.165, 1.54) is 13.8 Å². The number of halogens is 6. The van der Waals surface area contributed by atoms with Crippen LogP contribution >= 0.6 is 7.60 Å². The van der Waals surface area contributed by atoms with Crippen LogP contribution in [0.15, 0.2) is 10.9 Å². The van der Waals surface area contributed by atoms with Gasteiger partial charge >= 0.3 is 25.4 Å². The molecule has 0 atom stereocenters. The minimum atomic E-state index is -5.69. The molecule has 0 spiro atoms. The van der Waals surface area contributed by atoms with Crippen molar-refractivity contribution in [2.75, 3.05) is 13.2 Å². The Hall–Kier alpha value is -0.530. The van der Waals surface area contributed by atoms with Crippen LogP contribution in [0.1, 0.15) is 40.0 Å². The molecule has 1 aliphatic rings. The Balaban J connectivity index is 3.64. The van der Waals surface area contributed by atoms with Crippen molar-refractivity contribution >= 4 is 7.60 Å². The fraction of sp³-hybridized carbons (Fsp3) is 0.846. The van der Waals surface area contributed by atoms with Crippen LogP contribution in [0, 0.1) is 0 Å². The molecular formula is C13H19F6O3P. The van der Waals surface area contributed by atoms with E-state index in [1.54, 1.807) is 6.92 Å². The van der Waals surface area contributed by atoms with Crippen molar-refractivity contribution in [2.24, 2.45) is 0 Å². The van der Waals surface area contributed by atoms with Crippen LogP contribution in [0.5, 0.6) is 0 Å². The number of allylic oxidation sites excluding steroid dienone is 2. The van der Waals surface area contributed by atoms with Gasteiger partial charge in [0.2, 0.25) is 0 Å². The molecule has 3 nitrogen and oxygen atoms in total. The summed E-state index contributed by atoms with van der Waals surface area (Å²) < 4.78 is 105. The summed E-state index contributed by atoms with van der Waals surface area (Å²) in [6.45, 7) is 3.26. The van der Waals surface area contributed by atoms with Crippen molar-refractivity contribution in [2.45, 2.75) is 57.8 Å². The van der Waals surface area contributed by atoms with Gasteiger partial charge in [-0.3, -0.25) is 4.57 Å². The lowest BCUT2D eigenvalue weighted by Crippen LogP contribution is -2.49. The molecule has 0 unspecified atom stereocenters. The minimum Gasteiger partial charge on any atom is -0.306 e. The first-order valence-corrected chi connectivity index (χ1v) is 8.75. The summed E-state index contributed by atoms with van der Waals surface area (Å²) in [4.78, 5) is 0. The third-order valence-electron chi connectivity index (χ3n) is 3.40. The summed E-state index contributed by atoms with van der Waals surface area (Å²) in [7, 11) is -4.98. The predicted molar refractivity (Wildman–Crippen MR) is 72.3 cm³/mol. The fourth-order valence-corrected chi connectivity index (χ4v) is 4.43. The van der Waals surface area contributed by atoms with E-state index < -0.39 is 55.9 Å². The highest BCUT2D eigenvalue weighted by molar-refractivity contribution is 7.58. The Morgan fingerprint density at radius 1 is 0.913 bits per heavy atom. The summed E-state index contributed by atoms with van der Waals surface area (Å²) in [6.07, 6.45) is -0.482. The van der Waals surface area contributed by atoms with Gasteiger partial charge in [-0.25, -0.2) is 0 Å². The lowest BCUT2D eigenvalue weighted by molar-refractivity contribution is -0.264. The van der Waals surface area contributed by atoms with E-state index >= 15 is 0 Å². The van der Waals surface area contributed by atoms with E-state index in [1.807, 2.05) is 0 Å². The van der Waals surface area contributed by atoms with Crippen LogP contribution in [-0.2, 0) is 13.6 Å². The Labute approximate surface area is 130 Å². The SMILES string of the molecule is CCCCC1=C(P(=O)(OCC)OCC)C(F)(F)C(F)(F)C1(F)F. The summed E-state index contributed by atoms with van der Waals surface area (Å²) in [5.74, 6) is -16.1. The second kappa shape index (κ2) is 6.76. The molecule has 0 amide bonds. The van der Waals surface area contributed by atoms with Crippen molar-refractivity contribution in [3.63, 3.8) is 0 Å². The maximum atomic E-state index is 14.1.